The third-order valence-electron chi connectivity index (χ3n) is 3.33. The van der Waals surface area contributed by atoms with Gasteiger partial charge in [0, 0.05) is 31.8 Å². The highest BCUT2D eigenvalue weighted by Crippen LogP contribution is 2.26. The third kappa shape index (κ3) is 4.05. The van der Waals surface area contributed by atoms with E-state index in [1.165, 1.54) is 11.3 Å². The summed E-state index contributed by atoms with van der Waals surface area (Å²) in [5.74, 6) is 0.398. The van der Waals surface area contributed by atoms with Crippen molar-refractivity contribution in [2.45, 2.75) is 32.8 Å². The summed E-state index contributed by atoms with van der Waals surface area (Å²) in [4.78, 5) is 0. The van der Waals surface area contributed by atoms with Crippen LogP contribution in [0, 0.1) is 17.2 Å². The summed E-state index contributed by atoms with van der Waals surface area (Å²) in [6.07, 6.45) is 8.01. The lowest BCUT2D eigenvalue weighted by atomic mass is 9.88. The number of allylic oxidation sites excluding steroid dienone is 4. The Bertz CT molecular complexity index is 413. The molecule has 0 amide bonds. The number of nitriles is 1. The van der Waals surface area contributed by atoms with Crippen molar-refractivity contribution in [2.24, 2.45) is 5.92 Å². The average Bonchev–Trinajstić information content (AvgIpc) is 2.43. The molecular weight excluding hydrogens is 224 g/mol. The van der Waals surface area contributed by atoms with Crippen LogP contribution in [0.5, 0.6) is 0 Å². The molecule has 0 aliphatic heterocycles. The van der Waals surface area contributed by atoms with Crippen LogP contribution in [-0.2, 0) is 4.74 Å². The molecule has 0 spiro atoms. The lowest BCUT2D eigenvalue weighted by Crippen LogP contribution is -2.15. The van der Waals surface area contributed by atoms with E-state index in [1.807, 2.05) is 13.1 Å². The number of ether oxygens (including phenoxy) is 1. The second kappa shape index (κ2) is 7.03. The lowest BCUT2D eigenvalue weighted by molar-refractivity contribution is 0.140. The molecule has 0 aromatic heterocycles. The zero-order chi connectivity index (χ0) is 13.5. The van der Waals surface area contributed by atoms with Gasteiger partial charge in [0.25, 0.3) is 0 Å². The summed E-state index contributed by atoms with van der Waals surface area (Å²) in [7, 11) is 3.61. The van der Waals surface area contributed by atoms with E-state index in [0.29, 0.717) is 12.3 Å². The van der Waals surface area contributed by atoms with Crippen LogP contribution >= 0.6 is 0 Å². The van der Waals surface area contributed by atoms with Crippen molar-refractivity contribution in [3.05, 3.63) is 35.1 Å². The highest BCUT2D eigenvalue weighted by Gasteiger charge is 2.17. The molecule has 0 aromatic rings. The van der Waals surface area contributed by atoms with Gasteiger partial charge < -0.3 is 10.1 Å². The maximum absolute atomic E-state index is 9.04. The molecule has 0 saturated carbocycles. The Balaban J connectivity index is 2.77. The Morgan fingerprint density at radius 1 is 1.72 bits per heavy atom. The van der Waals surface area contributed by atoms with Crippen LogP contribution < -0.4 is 5.32 Å². The highest BCUT2D eigenvalue weighted by atomic mass is 16.5. The zero-order valence-corrected chi connectivity index (χ0v) is 11.7. The second-order valence-electron chi connectivity index (χ2n) is 4.70. The SMILES string of the molecule is CN/C(C)=C\CC(C)C1=CC(OC)CC(C#N)=C1. The molecule has 1 aliphatic carbocycles. The minimum Gasteiger partial charge on any atom is -0.392 e. The van der Waals surface area contributed by atoms with Gasteiger partial charge >= 0.3 is 0 Å². The Morgan fingerprint density at radius 2 is 2.44 bits per heavy atom. The van der Waals surface area contributed by atoms with Crippen LogP contribution in [0.25, 0.3) is 0 Å². The number of rotatable bonds is 5. The summed E-state index contributed by atoms with van der Waals surface area (Å²) < 4.78 is 5.35. The maximum atomic E-state index is 9.04. The van der Waals surface area contributed by atoms with Crippen LogP contribution in [0.15, 0.2) is 35.1 Å². The van der Waals surface area contributed by atoms with Gasteiger partial charge in [-0.15, -0.1) is 0 Å². The molecule has 3 heteroatoms. The van der Waals surface area contributed by atoms with E-state index >= 15 is 0 Å². The van der Waals surface area contributed by atoms with Crippen LogP contribution in [0.4, 0.5) is 0 Å². The predicted molar refractivity (Wildman–Crippen MR) is 73.8 cm³/mol. The molecule has 0 fully saturated rings. The first-order chi connectivity index (χ1) is 8.60. The number of nitrogens with one attached hydrogen (secondary N) is 1. The van der Waals surface area contributed by atoms with Crippen LogP contribution in [-0.4, -0.2) is 20.3 Å². The summed E-state index contributed by atoms with van der Waals surface area (Å²) >= 11 is 0. The first-order valence-electron chi connectivity index (χ1n) is 6.30. The molecule has 0 saturated heterocycles. The molecule has 1 rings (SSSR count). The first-order valence-corrected chi connectivity index (χ1v) is 6.30. The Morgan fingerprint density at radius 3 is 3.00 bits per heavy atom. The van der Waals surface area contributed by atoms with E-state index in [1.54, 1.807) is 7.11 Å². The van der Waals surface area contributed by atoms with Crippen molar-refractivity contribution in [2.75, 3.05) is 14.2 Å². The molecular formula is C15H22N2O. The molecule has 2 unspecified atom stereocenters. The molecule has 18 heavy (non-hydrogen) atoms. The summed E-state index contributed by atoms with van der Waals surface area (Å²) in [6, 6.07) is 2.24. The average molecular weight is 246 g/mol. The van der Waals surface area contributed by atoms with Gasteiger partial charge in [-0.1, -0.05) is 19.1 Å². The molecule has 0 heterocycles. The fourth-order valence-electron chi connectivity index (χ4n) is 1.93. The summed E-state index contributed by atoms with van der Waals surface area (Å²) in [5.41, 5.74) is 3.18. The molecule has 0 aromatic carbocycles. The molecule has 1 aliphatic rings. The van der Waals surface area contributed by atoms with Gasteiger partial charge in [-0.2, -0.15) is 5.26 Å². The number of nitrogens with zero attached hydrogens (tertiary/aromatic N) is 1. The van der Waals surface area contributed by atoms with Gasteiger partial charge in [-0.25, -0.2) is 0 Å². The standard InChI is InChI=1S/C15H22N2O/c1-11(5-6-12(2)17-3)14-7-13(10-16)8-15(9-14)18-4/h6-7,9,11,15,17H,5,8H2,1-4H3/b12-6-. The van der Waals surface area contributed by atoms with Crippen LogP contribution in [0.3, 0.4) is 0 Å². The fourth-order valence-corrected chi connectivity index (χ4v) is 1.93. The van der Waals surface area contributed by atoms with Gasteiger partial charge in [0.1, 0.15) is 0 Å². The van der Waals surface area contributed by atoms with Crippen LogP contribution in [0.1, 0.15) is 26.7 Å². The zero-order valence-electron chi connectivity index (χ0n) is 11.7. The van der Waals surface area contributed by atoms with E-state index in [2.05, 4.69) is 37.4 Å². The molecule has 0 bridgehead atoms. The van der Waals surface area contributed by atoms with E-state index in [9.17, 15) is 0 Å². The van der Waals surface area contributed by atoms with Gasteiger partial charge in [-0.3, -0.25) is 0 Å². The van der Waals surface area contributed by atoms with Gasteiger partial charge in [0.05, 0.1) is 12.2 Å². The Labute approximate surface area is 110 Å². The topological polar surface area (TPSA) is 45.0 Å². The van der Waals surface area contributed by atoms with E-state index in [0.717, 1.165) is 12.0 Å². The van der Waals surface area contributed by atoms with Gasteiger partial charge in [-0.05, 0) is 30.9 Å². The van der Waals surface area contributed by atoms with E-state index in [4.69, 9.17) is 10.00 Å². The fraction of sp³-hybridized carbons (Fsp3) is 0.533. The van der Waals surface area contributed by atoms with Crippen molar-refractivity contribution in [1.29, 1.82) is 5.26 Å². The molecule has 1 N–H and O–H groups in total. The number of hydrogen-bond donors (Lipinski definition) is 1. The minimum atomic E-state index is 0.0384. The number of hydrogen-bond acceptors (Lipinski definition) is 3. The van der Waals surface area contributed by atoms with Crippen molar-refractivity contribution >= 4 is 0 Å². The molecule has 0 radical (unpaired) electrons. The predicted octanol–water partition coefficient (Wildman–Crippen LogP) is 2.93. The Hall–Kier alpha value is -1.53. The quantitative estimate of drug-likeness (QED) is 0.811. The van der Waals surface area contributed by atoms with Gasteiger partial charge in [0.15, 0.2) is 0 Å². The smallest absolute Gasteiger partial charge is 0.0948 e. The van der Waals surface area contributed by atoms with Crippen LogP contribution in [0.2, 0.25) is 0 Å². The van der Waals surface area contributed by atoms with Crippen molar-refractivity contribution in [1.82, 2.24) is 5.32 Å². The molecule has 98 valence electrons. The lowest BCUT2D eigenvalue weighted by Gasteiger charge is -2.21. The van der Waals surface area contributed by atoms with Crippen molar-refractivity contribution < 1.29 is 4.74 Å². The first kappa shape index (κ1) is 14.5. The second-order valence-corrected chi connectivity index (χ2v) is 4.70. The monoisotopic (exact) mass is 246 g/mol. The van der Waals surface area contributed by atoms with E-state index < -0.39 is 0 Å². The normalized spacial score (nSPS) is 21.7. The molecule has 3 nitrogen and oxygen atoms in total. The summed E-state index contributed by atoms with van der Waals surface area (Å²) in [6.45, 7) is 4.23. The summed E-state index contributed by atoms with van der Waals surface area (Å²) in [5, 5.41) is 12.1. The van der Waals surface area contributed by atoms with Crippen molar-refractivity contribution in [3.63, 3.8) is 0 Å². The van der Waals surface area contributed by atoms with E-state index in [-0.39, 0.29) is 6.10 Å². The van der Waals surface area contributed by atoms with Crippen molar-refractivity contribution in [3.8, 4) is 6.07 Å². The maximum Gasteiger partial charge on any atom is 0.0948 e. The molecule has 2 atom stereocenters. The largest absolute Gasteiger partial charge is 0.392 e. The Kier molecular flexibility index (Phi) is 5.67. The number of methoxy groups -OCH3 is 1. The van der Waals surface area contributed by atoms with Gasteiger partial charge in [0.2, 0.25) is 0 Å². The third-order valence-corrected chi connectivity index (χ3v) is 3.33. The highest BCUT2D eigenvalue weighted by molar-refractivity contribution is 5.38. The minimum absolute atomic E-state index is 0.0384.